The molecule has 7 nitrogen and oxygen atoms in total. The molecule has 1 saturated heterocycles. The summed E-state index contributed by atoms with van der Waals surface area (Å²) in [5, 5.41) is 12.5. The van der Waals surface area contributed by atoms with Gasteiger partial charge in [-0.15, -0.1) is 11.3 Å². The molecule has 8 heteroatoms. The Hall–Kier alpha value is -1.77. The second-order valence-electron chi connectivity index (χ2n) is 6.69. The SMILES string of the molecule is CN(C)C[C@@]1(O)CCCN(C(=O)Cn2cnc3ccsc3c2=O)C1. The van der Waals surface area contributed by atoms with Gasteiger partial charge < -0.3 is 14.9 Å². The van der Waals surface area contributed by atoms with E-state index >= 15 is 0 Å². The number of likely N-dealkylation sites (tertiary alicyclic amines) is 1. The van der Waals surface area contributed by atoms with Crippen LogP contribution in [0.3, 0.4) is 0 Å². The number of carbonyl (C=O) groups is 1. The van der Waals surface area contributed by atoms with Gasteiger partial charge in [-0.05, 0) is 38.4 Å². The van der Waals surface area contributed by atoms with Crippen LogP contribution in [0.4, 0.5) is 0 Å². The molecule has 0 unspecified atom stereocenters. The molecular weight excluding hydrogens is 328 g/mol. The zero-order chi connectivity index (χ0) is 17.3. The van der Waals surface area contributed by atoms with Crippen LogP contribution in [-0.4, -0.2) is 69.7 Å². The number of amides is 1. The van der Waals surface area contributed by atoms with Gasteiger partial charge in [0.05, 0.1) is 24.0 Å². The van der Waals surface area contributed by atoms with E-state index in [1.807, 2.05) is 24.4 Å². The third-order valence-corrected chi connectivity index (χ3v) is 5.15. The lowest BCUT2D eigenvalue weighted by Gasteiger charge is -2.40. The molecule has 1 N–H and O–H groups in total. The molecule has 130 valence electrons. The van der Waals surface area contributed by atoms with Crippen molar-refractivity contribution in [2.24, 2.45) is 0 Å². The van der Waals surface area contributed by atoms with Crippen LogP contribution in [0.2, 0.25) is 0 Å². The summed E-state index contributed by atoms with van der Waals surface area (Å²) in [6, 6.07) is 1.79. The molecule has 0 bridgehead atoms. The van der Waals surface area contributed by atoms with Gasteiger partial charge in [-0.2, -0.15) is 0 Å². The Balaban J connectivity index is 1.74. The van der Waals surface area contributed by atoms with Crippen molar-refractivity contribution in [2.45, 2.75) is 25.0 Å². The van der Waals surface area contributed by atoms with Crippen LogP contribution in [0, 0.1) is 0 Å². The van der Waals surface area contributed by atoms with Gasteiger partial charge >= 0.3 is 0 Å². The summed E-state index contributed by atoms with van der Waals surface area (Å²) >= 11 is 1.33. The number of hydrogen-bond acceptors (Lipinski definition) is 6. The van der Waals surface area contributed by atoms with Crippen LogP contribution in [-0.2, 0) is 11.3 Å². The van der Waals surface area contributed by atoms with Gasteiger partial charge in [-0.25, -0.2) is 4.98 Å². The highest BCUT2D eigenvalue weighted by molar-refractivity contribution is 7.17. The topological polar surface area (TPSA) is 78.7 Å². The van der Waals surface area contributed by atoms with Gasteiger partial charge in [-0.1, -0.05) is 0 Å². The van der Waals surface area contributed by atoms with Crippen molar-refractivity contribution in [3.05, 3.63) is 28.1 Å². The van der Waals surface area contributed by atoms with Crippen LogP contribution in [0.15, 0.2) is 22.6 Å². The van der Waals surface area contributed by atoms with Gasteiger partial charge in [0.1, 0.15) is 11.2 Å². The van der Waals surface area contributed by atoms with E-state index in [0.717, 1.165) is 6.42 Å². The molecule has 3 heterocycles. The van der Waals surface area contributed by atoms with Crippen LogP contribution in [0.25, 0.3) is 10.2 Å². The smallest absolute Gasteiger partial charge is 0.271 e. The third-order valence-electron chi connectivity index (χ3n) is 4.26. The molecule has 0 saturated carbocycles. The molecule has 0 radical (unpaired) electrons. The summed E-state index contributed by atoms with van der Waals surface area (Å²) in [5.41, 5.74) is -0.422. The molecule has 0 spiro atoms. The molecule has 24 heavy (non-hydrogen) atoms. The summed E-state index contributed by atoms with van der Waals surface area (Å²) in [6.07, 6.45) is 2.86. The first kappa shape index (κ1) is 17.1. The zero-order valence-corrected chi connectivity index (χ0v) is 14.8. The molecule has 1 atom stereocenters. The van der Waals surface area contributed by atoms with Gasteiger partial charge in [0, 0.05) is 13.1 Å². The van der Waals surface area contributed by atoms with Crippen LogP contribution >= 0.6 is 11.3 Å². The van der Waals surface area contributed by atoms with E-state index in [0.29, 0.717) is 36.3 Å². The summed E-state index contributed by atoms with van der Waals surface area (Å²) in [6.45, 7) is 1.38. The molecule has 0 aromatic carbocycles. The Morgan fingerprint density at radius 2 is 2.29 bits per heavy atom. The van der Waals surface area contributed by atoms with Crippen molar-refractivity contribution < 1.29 is 9.90 Å². The molecule has 3 rings (SSSR count). The molecule has 1 amide bonds. The van der Waals surface area contributed by atoms with Crippen molar-refractivity contribution in [3.63, 3.8) is 0 Å². The van der Waals surface area contributed by atoms with Crippen LogP contribution in [0.1, 0.15) is 12.8 Å². The fraction of sp³-hybridized carbons (Fsp3) is 0.562. The number of carbonyl (C=O) groups excluding carboxylic acids is 1. The molecule has 2 aromatic heterocycles. The molecule has 1 aliphatic heterocycles. The average molecular weight is 350 g/mol. The lowest BCUT2D eigenvalue weighted by molar-refractivity contribution is -0.139. The Labute approximate surface area is 144 Å². The zero-order valence-electron chi connectivity index (χ0n) is 13.9. The Morgan fingerprint density at radius 1 is 1.50 bits per heavy atom. The molecule has 1 fully saturated rings. The van der Waals surface area contributed by atoms with E-state index in [2.05, 4.69) is 4.98 Å². The van der Waals surface area contributed by atoms with Gasteiger partial charge in [0.25, 0.3) is 5.56 Å². The number of rotatable bonds is 4. The lowest BCUT2D eigenvalue weighted by atomic mass is 9.92. The monoisotopic (exact) mass is 350 g/mol. The number of nitrogens with zero attached hydrogens (tertiary/aromatic N) is 4. The van der Waals surface area contributed by atoms with Crippen molar-refractivity contribution in [3.8, 4) is 0 Å². The molecule has 1 aliphatic rings. The number of aromatic nitrogens is 2. The van der Waals surface area contributed by atoms with E-state index < -0.39 is 5.60 Å². The Kier molecular flexibility index (Phi) is 4.71. The lowest BCUT2D eigenvalue weighted by Crippen LogP contribution is -2.55. The normalized spacial score (nSPS) is 21.6. The van der Waals surface area contributed by atoms with Crippen molar-refractivity contribution in [1.82, 2.24) is 19.4 Å². The maximum atomic E-state index is 12.6. The van der Waals surface area contributed by atoms with Gasteiger partial charge in [-0.3, -0.25) is 14.2 Å². The summed E-state index contributed by atoms with van der Waals surface area (Å²) in [5.74, 6) is -0.160. The minimum absolute atomic E-state index is 0.0439. The fourth-order valence-corrected chi connectivity index (χ4v) is 4.07. The number of β-amino-alcohol motifs (C(OH)–C–C–N with tert-alkyl or cyclic N) is 1. The standard InChI is InChI=1S/C16H22N4O3S/c1-18(2)9-16(23)5-3-6-19(10-16)13(21)8-20-11-17-12-4-7-24-14(12)15(20)22/h4,7,11,23H,3,5-6,8-10H2,1-2H3/t16-/m0/s1. The molecule has 2 aromatic rings. The largest absolute Gasteiger partial charge is 0.387 e. The van der Waals surface area contributed by atoms with Crippen LogP contribution in [0.5, 0.6) is 0 Å². The molecular formula is C16H22N4O3S. The molecule has 0 aliphatic carbocycles. The van der Waals surface area contributed by atoms with E-state index in [9.17, 15) is 14.7 Å². The first-order valence-corrected chi connectivity index (χ1v) is 8.83. The Bertz CT molecular complexity index is 800. The maximum Gasteiger partial charge on any atom is 0.271 e. The third kappa shape index (κ3) is 3.50. The summed E-state index contributed by atoms with van der Waals surface area (Å²) in [4.78, 5) is 32.8. The van der Waals surface area contributed by atoms with Gasteiger partial charge in [0.15, 0.2) is 0 Å². The number of fused-ring (bicyclic) bond motifs is 1. The number of likely N-dealkylation sites (N-methyl/N-ethyl adjacent to an activating group) is 1. The average Bonchev–Trinajstić information content (AvgIpc) is 2.98. The highest BCUT2D eigenvalue weighted by Crippen LogP contribution is 2.22. The number of aliphatic hydroxyl groups is 1. The predicted octanol–water partition coefficient (Wildman–Crippen LogP) is 0.373. The van der Waals surface area contributed by atoms with E-state index in [1.54, 1.807) is 11.0 Å². The number of piperidine rings is 1. The van der Waals surface area contributed by atoms with Crippen LogP contribution < -0.4 is 5.56 Å². The minimum atomic E-state index is -0.891. The minimum Gasteiger partial charge on any atom is -0.387 e. The number of hydrogen-bond donors (Lipinski definition) is 1. The summed E-state index contributed by atoms with van der Waals surface area (Å²) in [7, 11) is 3.81. The number of thiophene rings is 1. The summed E-state index contributed by atoms with van der Waals surface area (Å²) < 4.78 is 1.91. The van der Waals surface area contributed by atoms with Gasteiger partial charge in [0.2, 0.25) is 5.91 Å². The predicted molar refractivity (Wildman–Crippen MR) is 93.2 cm³/mol. The second kappa shape index (κ2) is 6.62. The first-order valence-electron chi connectivity index (χ1n) is 7.95. The first-order chi connectivity index (χ1) is 11.4. The highest BCUT2D eigenvalue weighted by Gasteiger charge is 2.35. The quantitative estimate of drug-likeness (QED) is 0.862. The van der Waals surface area contributed by atoms with E-state index in [1.165, 1.54) is 22.2 Å². The fourth-order valence-electron chi connectivity index (χ4n) is 3.28. The van der Waals surface area contributed by atoms with E-state index in [4.69, 9.17) is 0 Å². The highest BCUT2D eigenvalue weighted by atomic mass is 32.1. The van der Waals surface area contributed by atoms with E-state index in [-0.39, 0.29) is 18.0 Å². The second-order valence-corrected chi connectivity index (χ2v) is 7.61. The van der Waals surface area contributed by atoms with Crippen molar-refractivity contribution in [1.29, 1.82) is 0 Å². The van der Waals surface area contributed by atoms with Crippen molar-refractivity contribution >= 4 is 27.5 Å². The van der Waals surface area contributed by atoms with Crippen molar-refractivity contribution in [2.75, 3.05) is 33.7 Å². The Morgan fingerprint density at radius 3 is 3.04 bits per heavy atom. The maximum absolute atomic E-state index is 12.6.